The predicted octanol–water partition coefficient (Wildman–Crippen LogP) is 5.02. The van der Waals surface area contributed by atoms with Gasteiger partial charge in [0, 0.05) is 28.8 Å². The van der Waals surface area contributed by atoms with Crippen LogP contribution < -0.4 is 20.1 Å². The van der Waals surface area contributed by atoms with Crippen LogP contribution in [0.4, 0.5) is 10.7 Å². The SMILES string of the molecule is COC(=O)c1c(NC(=S)Nc2cc(OC)cc(OC)c2)sc2c1CCCCCC2. The van der Waals surface area contributed by atoms with Gasteiger partial charge in [0.25, 0.3) is 0 Å². The maximum absolute atomic E-state index is 12.5. The minimum Gasteiger partial charge on any atom is -0.497 e. The third-order valence-electron chi connectivity index (χ3n) is 4.90. The molecule has 156 valence electrons. The second-order valence-electron chi connectivity index (χ2n) is 6.79. The summed E-state index contributed by atoms with van der Waals surface area (Å²) in [5.41, 5.74) is 2.45. The highest BCUT2D eigenvalue weighted by molar-refractivity contribution is 7.80. The Morgan fingerprint density at radius 1 is 0.966 bits per heavy atom. The van der Waals surface area contributed by atoms with Crippen molar-refractivity contribution in [1.82, 2.24) is 0 Å². The number of thiocarbonyl (C=S) groups is 1. The van der Waals surface area contributed by atoms with Gasteiger partial charge < -0.3 is 24.8 Å². The average molecular weight is 435 g/mol. The van der Waals surface area contributed by atoms with Gasteiger partial charge in [-0.25, -0.2) is 4.79 Å². The van der Waals surface area contributed by atoms with E-state index in [-0.39, 0.29) is 5.97 Å². The molecule has 1 heterocycles. The van der Waals surface area contributed by atoms with Crippen molar-refractivity contribution in [1.29, 1.82) is 0 Å². The number of ether oxygens (including phenoxy) is 3. The van der Waals surface area contributed by atoms with Gasteiger partial charge in [-0.3, -0.25) is 0 Å². The van der Waals surface area contributed by atoms with Crippen LogP contribution in [0.5, 0.6) is 11.5 Å². The minimum absolute atomic E-state index is 0.323. The van der Waals surface area contributed by atoms with E-state index >= 15 is 0 Å². The molecule has 0 saturated heterocycles. The van der Waals surface area contributed by atoms with Crippen molar-refractivity contribution >= 4 is 45.3 Å². The molecular weight excluding hydrogens is 408 g/mol. The maximum Gasteiger partial charge on any atom is 0.341 e. The number of aryl methyl sites for hydroxylation is 1. The second kappa shape index (κ2) is 9.93. The van der Waals surface area contributed by atoms with E-state index in [1.165, 1.54) is 24.8 Å². The average Bonchev–Trinajstić information content (AvgIpc) is 3.02. The van der Waals surface area contributed by atoms with Crippen LogP contribution in [0.15, 0.2) is 18.2 Å². The molecule has 0 bridgehead atoms. The van der Waals surface area contributed by atoms with E-state index in [1.54, 1.807) is 31.6 Å². The molecule has 8 heteroatoms. The van der Waals surface area contributed by atoms with Crippen molar-refractivity contribution in [2.45, 2.75) is 38.5 Å². The number of anilines is 2. The fourth-order valence-corrected chi connectivity index (χ4v) is 5.04. The third-order valence-corrected chi connectivity index (χ3v) is 6.31. The number of fused-ring (bicyclic) bond motifs is 1. The molecule has 0 amide bonds. The summed E-state index contributed by atoms with van der Waals surface area (Å²) < 4.78 is 15.7. The lowest BCUT2D eigenvalue weighted by Crippen LogP contribution is -2.20. The number of carbonyl (C=O) groups is 1. The van der Waals surface area contributed by atoms with Gasteiger partial charge in [0.05, 0.1) is 26.9 Å². The molecule has 0 fully saturated rings. The summed E-state index contributed by atoms with van der Waals surface area (Å²) in [5, 5.41) is 7.47. The molecule has 0 radical (unpaired) electrons. The first-order valence-electron chi connectivity index (χ1n) is 9.59. The summed E-state index contributed by atoms with van der Waals surface area (Å²) in [6.07, 6.45) is 6.52. The molecule has 2 N–H and O–H groups in total. The second-order valence-corrected chi connectivity index (χ2v) is 8.31. The summed E-state index contributed by atoms with van der Waals surface area (Å²) in [6, 6.07) is 5.44. The van der Waals surface area contributed by atoms with Crippen molar-refractivity contribution in [3.8, 4) is 11.5 Å². The molecule has 2 aromatic rings. The Bertz CT molecular complexity index is 873. The van der Waals surface area contributed by atoms with Crippen LogP contribution in [-0.2, 0) is 17.6 Å². The highest BCUT2D eigenvalue weighted by atomic mass is 32.1. The van der Waals surface area contributed by atoms with E-state index in [4.69, 9.17) is 26.4 Å². The monoisotopic (exact) mass is 434 g/mol. The van der Waals surface area contributed by atoms with Gasteiger partial charge in [-0.15, -0.1) is 11.3 Å². The standard InChI is InChI=1S/C21H26N2O4S2/c1-25-14-10-13(11-15(12-14)26-2)22-21(28)23-19-18(20(24)27-3)16-8-6-4-5-7-9-17(16)29-19/h10-12H,4-9H2,1-3H3,(H2,22,23,28). The molecule has 0 saturated carbocycles. The normalized spacial score (nSPS) is 13.5. The van der Waals surface area contributed by atoms with E-state index in [0.29, 0.717) is 22.2 Å². The van der Waals surface area contributed by atoms with Gasteiger partial charge >= 0.3 is 5.97 Å². The van der Waals surface area contributed by atoms with Crippen molar-refractivity contribution in [2.75, 3.05) is 32.0 Å². The number of benzene rings is 1. The van der Waals surface area contributed by atoms with Crippen LogP contribution in [0.3, 0.4) is 0 Å². The van der Waals surface area contributed by atoms with Crippen molar-refractivity contribution < 1.29 is 19.0 Å². The molecule has 0 unspecified atom stereocenters. The number of hydrogen-bond acceptors (Lipinski definition) is 6. The number of carbonyl (C=O) groups excluding carboxylic acids is 1. The van der Waals surface area contributed by atoms with Crippen molar-refractivity contribution in [2.24, 2.45) is 0 Å². The molecule has 0 spiro atoms. The first-order valence-corrected chi connectivity index (χ1v) is 10.8. The lowest BCUT2D eigenvalue weighted by Gasteiger charge is -2.13. The molecule has 1 aliphatic rings. The quantitative estimate of drug-likeness (QED) is 0.506. The summed E-state index contributed by atoms with van der Waals surface area (Å²) in [5.74, 6) is 0.990. The van der Waals surface area contributed by atoms with Gasteiger partial charge in [0.2, 0.25) is 0 Å². The number of nitrogens with one attached hydrogen (secondary N) is 2. The van der Waals surface area contributed by atoms with E-state index in [1.807, 2.05) is 12.1 Å². The molecule has 29 heavy (non-hydrogen) atoms. The Morgan fingerprint density at radius 2 is 1.62 bits per heavy atom. The van der Waals surface area contributed by atoms with Gasteiger partial charge in [-0.05, 0) is 43.5 Å². The minimum atomic E-state index is -0.323. The summed E-state index contributed by atoms with van der Waals surface area (Å²) in [6.45, 7) is 0. The lowest BCUT2D eigenvalue weighted by atomic mass is 9.96. The molecule has 1 aromatic carbocycles. The van der Waals surface area contributed by atoms with Crippen LogP contribution >= 0.6 is 23.6 Å². The van der Waals surface area contributed by atoms with Crippen LogP contribution in [-0.4, -0.2) is 32.4 Å². The number of esters is 1. The number of hydrogen-bond donors (Lipinski definition) is 2. The van der Waals surface area contributed by atoms with Crippen LogP contribution in [0.1, 0.15) is 46.5 Å². The fourth-order valence-electron chi connectivity index (χ4n) is 3.47. The maximum atomic E-state index is 12.5. The van der Waals surface area contributed by atoms with Crippen molar-refractivity contribution in [3.05, 3.63) is 34.2 Å². The van der Waals surface area contributed by atoms with Gasteiger partial charge in [0.15, 0.2) is 5.11 Å². The number of thiophene rings is 1. The third kappa shape index (κ3) is 5.19. The topological polar surface area (TPSA) is 68.8 Å². The molecule has 0 aliphatic heterocycles. The van der Waals surface area contributed by atoms with E-state index < -0.39 is 0 Å². The smallest absolute Gasteiger partial charge is 0.341 e. The zero-order valence-corrected chi connectivity index (χ0v) is 18.6. The predicted molar refractivity (Wildman–Crippen MR) is 121 cm³/mol. The molecule has 0 atom stereocenters. The molecule has 6 nitrogen and oxygen atoms in total. The summed E-state index contributed by atoms with van der Waals surface area (Å²) in [7, 11) is 4.61. The van der Waals surface area contributed by atoms with Crippen LogP contribution in [0.25, 0.3) is 0 Å². The Labute approximate surface area is 180 Å². The first-order chi connectivity index (χ1) is 14.0. The highest BCUT2D eigenvalue weighted by Gasteiger charge is 2.25. The van der Waals surface area contributed by atoms with Gasteiger partial charge in [-0.1, -0.05) is 12.8 Å². The van der Waals surface area contributed by atoms with Crippen LogP contribution in [0, 0.1) is 0 Å². The Balaban J connectivity index is 1.84. The molecule has 3 rings (SSSR count). The van der Waals surface area contributed by atoms with Gasteiger partial charge in [0.1, 0.15) is 16.5 Å². The molecule has 1 aliphatic carbocycles. The zero-order valence-electron chi connectivity index (χ0n) is 16.9. The van der Waals surface area contributed by atoms with E-state index in [2.05, 4.69) is 10.6 Å². The molecule has 1 aromatic heterocycles. The lowest BCUT2D eigenvalue weighted by molar-refractivity contribution is 0.0601. The largest absolute Gasteiger partial charge is 0.497 e. The Hall–Kier alpha value is -2.32. The van der Waals surface area contributed by atoms with E-state index in [9.17, 15) is 4.79 Å². The Kier molecular flexibility index (Phi) is 7.33. The zero-order chi connectivity index (χ0) is 20.8. The first kappa shape index (κ1) is 21.4. The fraction of sp³-hybridized carbons (Fsp3) is 0.429. The van der Waals surface area contributed by atoms with Crippen molar-refractivity contribution in [3.63, 3.8) is 0 Å². The summed E-state index contributed by atoms with van der Waals surface area (Å²) >= 11 is 7.10. The Morgan fingerprint density at radius 3 is 2.24 bits per heavy atom. The highest BCUT2D eigenvalue weighted by Crippen LogP contribution is 2.37. The van der Waals surface area contributed by atoms with E-state index in [0.717, 1.165) is 41.9 Å². The number of methoxy groups -OCH3 is 3. The van der Waals surface area contributed by atoms with Gasteiger partial charge in [-0.2, -0.15) is 0 Å². The number of rotatable bonds is 5. The molecular formula is C21H26N2O4S2. The summed E-state index contributed by atoms with van der Waals surface area (Å²) in [4.78, 5) is 13.8. The van der Waals surface area contributed by atoms with Crippen LogP contribution in [0.2, 0.25) is 0 Å².